The van der Waals surface area contributed by atoms with Gasteiger partial charge in [0.25, 0.3) is 0 Å². The van der Waals surface area contributed by atoms with Crippen LogP contribution in [0.3, 0.4) is 0 Å². The minimum atomic E-state index is -1.54. The number of aryl methyl sites for hydroxylation is 1. The highest BCUT2D eigenvalue weighted by atomic mass is 16.5. The number of esters is 1. The van der Waals surface area contributed by atoms with E-state index in [1.165, 1.54) is 5.56 Å². The first-order valence-electron chi connectivity index (χ1n) is 22.5. The van der Waals surface area contributed by atoms with Gasteiger partial charge in [-0.1, -0.05) is 12.1 Å². The van der Waals surface area contributed by atoms with Crippen LogP contribution in [0.5, 0.6) is 0 Å². The Morgan fingerprint density at radius 2 is 1.37 bits per heavy atom. The Morgan fingerprint density at radius 3 is 2.03 bits per heavy atom. The minimum absolute atomic E-state index is 0.0768. The third kappa shape index (κ3) is 10.2. The number of likely N-dealkylation sites (tertiary alicyclic amines) is 2. The Kier molecular flexibility index (Phi) is 12.8. The third-order valence-electron chi connectivity index (χ3n) is 14.4. The minimum Gasteiger partial charge on any atom is -0.460 e. The Hall–Kier alpha value is -3.85. The van der Waals surface area contributed by atoms with E-state index in [0.717, 1.165) is 93.2 Å². The van der Waals surface area contributed by atoms with Gasteiger partial charge in [-0.3, -0.25) is 14.4 Å². The standard InChI is InChI=1S/C45H64N6O8/c52-38(53)26-44(57)15-7-32(8-16-44)42(55)50-20-11-29(12-21-50)24-35-5-3-34-25-36(28-47-41(34)48-35)59-39(54)27-45(58)17-9-33(10-18-45)43(56)51-22-13-30(14-23-51)37-6-4-31-2-1-19-46-40(31)49-37/h3-6,29-30,32-33,36,38,52-53,57-58H,1-2,7-28H2,(H,46,49)(H,47,48). The lowest BCUT2D eigenvalue weighted by atomic mass is 9.76. The van der Waals surface area contributed by atoms with Gasteiger partial charge in [-0.15, -0.1) is 0 Å². The van der Waals surface area contributed by atoms with E-state index >= 15 is 0 Å². The Balaban J connectivity index is 0.730. The van der Waals surface area contributed by atoms with Crippen LogP contribution in [0.2, 0.25) is 0 Å². The van der Waals surface area contributed by atoms with E-state index < -0.39 is 23.5 Å². The van der Waals surface area contributed by atoms with Crippen LogP contribution >= 0.6 is 0 Å². The van der Waals surface area contributed by atoms with Gasteiger partial charge in [-0.2, -0.15) is 0 Å². The maximum Gasteiger partial charge on any atom is 0.309 e. The molecule has 2 aromatic rings. The molecule has 6 aliphatic rings. The number of rotatable bonds is 10. The number of fused-ring (bicyclic) bond motifs is 2. The summed E-state index contributed by atoms with van der Waals surface area (Å²) >= 11 is 0. The number of ether oxygens (including phenoxy) is 1. The molecule has 0 aromatic carbocycles. The zero-order chi connectivity index (χ0) is 41.1. The zero-order valence-corrected chi connectivity index (χ0v) is 34.5. The number of nitrogens with one attached hydrogen (secondary N) is 2. The summed E-state index contributed by atoms with van der Waals surface area (Å²) in [5.41, 5.74) is 2.12. The molecule has 6 heterocycles. The van der Waals surface area contributed by atoms with Crippen molar-refractivity contribution in [3.05, 3.63) is 46.8 Å². The van der Waals surface area contributed by atoms with E-state index in [9.17, 15) is 34.8 Å². The van der Waals surface area contributed by atoms with Crippen LogP contribution in [-0.4, -0.2) is 121 Å². The van der Waals surface area contributed by atoms with Crippen molar-refractivity contribution in [1.29, 1.82) is 0 Å². The molecular formula is C45H64N6O8. The number of nitrogens with zero attached hydrogens (tertiary/aromatic N) is 4. The van der Waals surface area contributed by atoms with Gasteiger partial charge in [-0.05, 0) is 125 Å². The highest BCUT2D eigenvalue weighted by Gasteiger charge is 2.41. The topological polar surface area (TPSA) is 198 Å². The molecule has 4 fully saturated rings. The normalized spacial score (nSPS) is 29.2. The third-order valence-corrected chi connectivity index (χ3v) is 14.4. The van der Waals surface area contributed by atoms with Gasteiger partial charge in [-0.25, -0.2) is 9.97 Å². The molecule has 59 heavy (non-hydrogen) atoms. The van der Waals surface area contributed by atoms with Gasteiger partial charge in [0.15, 0.2) is 6.29 Å². The van der Waals surface area contributed by atoms with Crippen LogP contribution in [0.15, 0.2) is 24.3 Å². The number of aromatic nitrogens is 2. The van der Waals surface area contributed by atoms with E-state index in [-0.39, 0.29) is 42.6 Å². The van der Waals surface area contributed by atoms with Crippen LogP contribution in [-0.2, 0) is 38.4 Å². The van der Waals surface area contributed by atoms with Crippen molar-refractivity contribution in [3.8, 4) is 0 Å². The van der Waals surface area contributed by atoms with Gasteiger partial charge in [0.1, 0.15) is 17.7 Å². The number of carbonyl (C=O) groups is 3. The van der Waals surface area contributed by atoms with Crippen LogP contribution in [0.25, 0.3) is 0 Å². The Bertz CT molecular complexity index is 1810. The van der Waals surface area contributed by atoms with E-state index in [1.807, 2.05) is 15.9 Å². The number of aliphatic hydroxyl groups excluding tert-OH is 1. The van der Waals surface area contributed by atoms with Crippen molar-refractivity contribution in [1.82, 2.24) is 19.8 Å². The first-order valence-corrected chi connectivity index (χ1v) is 22.5. The second-order valence-corrected chi connectivity index (χ2v) is 18.7. The van der Waals surface area contributed by atoms with Gasteiger partial charge in [0.2, 0.25) is 11.8 Å². The molecule has 8 rings (SSSR count). The second kappa shape index (κ2) is 18.0. The maximum absolute atomic E-state index is 13.5. The average Bonchev–Trinajstić information content (AvgIpc) is 3.23. The number of anilines is 2. The SMILES string of the molecule is O=C(CC1(O)CCC(C(=O)N2CCC(c3ccc4c(n3)NCCC4)CC2)CC1)OC1CNc2nc(CC3CCN(C(=O)C4CCC(O)(CC(O)O)CC4)CC3)ccc2C1. The van der Waals surface area contributed by atoms with Crippen molar-refractivity contribution < 1.29 is 39.5 Å². The fourth-order valence-electron chi connectivity index (χ4n) is 10.7. The number of carbonyl (C=O) groups excluding carboxylic acids is 3. The largest absolute Gasteiger partial charge is 0.460 e. The number of hydrogen-bond donors (Lipinski definition) is 6. The van der Waals surface area contributed by atoms with E-state index in [2.05, 4.69) is 28.8 Å². The molecule has 2 saturated carbocycles. The monoisotopic (exact) mass is 816 g/mol. The summed E-state index contributed by atoms with van der Waals surface area (Å²) in [6.45, 7) is 4.26. The smallest absolute Gasteiger partial charge is 0.309 e. The van der Waals surface area contributed by atoms with Gasteiger partial charge >= 0.3 is 5.97 Å². The predicted octanol–water partition coefficient (Wildman–Crippen LogP) is 3.84. The summed E-state index contributed by atoms with van der Waals surface area (Å²) in [5.74, 6) is 2.26. The lowest BCUT2D eigenvalue weighted by molar-refractivity contribution is -0.156. The summed E-state index contributed by atoms with van der Waals surface area (Å²) in [7, 11) is 0. The van der Waals surface area contributed by atoms with E-state index in [4.69, 9.17) is 14.7 Å². The van der Waals surface area contributed by atoms with Crippen molar-refractivity contribution in [2.75, 3.05) is 49.9 Å². The lowest BCUT2D eigenvalue weighted by Gasteiger charge is -2.39. The molecule has 1 unspecified atom stereocenters. The van der Waals surface area contributed by atoms with Crippen LogP contribution in [0, 0.1) is 17.8 Å². The lowest BCUT2D eigenvalue weighted by Crippen LogP contribution is -2.45. The summed E-state index contributed by atoms with van der Waals surface area (Å²) in [5, 5.41) is 47.4. The first kappa shape index (κ1) is 41.9. The molecule has 0 radical (unpaired) electrons. The molecule has 1 atom stereocenters. The molecule has 0 spiro atoms. The maximum atomic E-state index is 13.5. The molecule has 14 heteroatoms. The molecular weight excluding hydrogens is 753 g/mol. The number of amides is 2. The van der Waals surface area contributed by atoms with Crippen molar-refractivity contribution in [2.24, 2.45) is 17.8 Å². The number of pyridine rings is 2. The summed E-state index contributed by atoms with van der Waals surface area (Å²) < 4.78 is 5.87. The summed E-state index contributed by atoms with van der Waals surface area (Å²) in [4.78, 5) is 53.6. The molecule has 2 aliphatic carbocycles. The van der Waals surface area contributed by atoms with Crippen LogP contribution in [0.1, 0.15) is 125 Å². The summed E-state index contributed by atoms with van der Waals surface area (Å²) in [6.07, 6.45) is 9.01. The molecule has 2 saturated heterocycles. The first-order chi connectivity index (χ1) is 28.4. The van der Waals surface area contributed by atoms with Gasteiger partial charge < -0.3 is 45.6 Å². The molecule has 14 nitrogen and oxygen atoms in total. The van der Waals surface area contributed by atoms with Crippen molar-refractivity contribution in [3.63, 3.8) is 0 Å². The van der Waals surface area contributed by atoms with Crippen LogP contribution < -0.4 is 10.6 Å². The quantitative estimate of drug-likeness (QED) is 0.150. The zero-order valence-electron chi connectivity index (χ0n) is 34.5. The van der Waals surface area contributed by atoms with Gasteiger partial charge in [0, 0.05) is 74.7 Å². The fraction of sp³-hybridized carbons (Fsp3) is 0.711. The van der Waals surface area contributed by atoms with E-state index in [1.54, 1.807) is 0 Å². The van der Waals surface area contributed by atoms with Crippen LogP contribution in [0.4, 0.5) is 11.6 Å². The molecule has 322 valence electrons. The Morgan fingerprint density at radius 1 is 0.763 bits per heavy atom. The second-order valence-electron chi connectivity index (χ2n) is 18.7. The predicted molar refractivity (Wildman–Crippen MR) is 220 cm³/mol. The highest BCUT2D eigenvalue weighted by Crippen LogP contribution is 2.39. The number of aliphatic hydroxyl groups is 4. The Labute approximate surface area is 347 Å². The number of hydrogen-bond acceptors (Lipinski definition) is 12. The van der Waals surface area contributed by atoms with Gasteiger partial charge in [0.05, 0.1) is 24.2 Å². The van der Waals surface area contributed by atoms with Crippen molar-refractivity contribution in [2.45, 2.75) is 145 Å². The highest BCUT2D eigenvalue weighted by molar-refractivity contribution is 5.80. The fourth-order valence-corrected chi connectivity index (χ4v) is 10.7. The molecule has 2 aromatic heterocycles. The molecule has 0 bridgehead atoms. The number of piperidine rings is 2. The molecule has 2 amide bonds. The van der Waals surface area contributed by atoms with E-state index in [0.29, 0.717) is 89.3 Å². The average molecular weight is 817 g/mol. The summed E-state index contributed by atoms with van der Waals surface area (Å²) in [6, 6.07) is 8.47. The molecule has 6 N–H and O–H groups in total. The van der Waals surface area contributed by atoms with Crippen molar-refractivity contribution >= 4 is 29.4 Å². The molecule has 4 aliphatic heterocycles.